The Kier molecular flexibility index (Phi) is 10.3. The lowest BCUT2D eigenvalue weighted by Gasteiger charge is -2.26. The predicted molar refractivity (Wildman–Crippen MR) is 175 cm³/mol. The van der Waals surface area contributed by atoms with Gasteiger partial charge in [-0.15, -0.1) is 0 Å². The van der Waals surface area contributed by atoms with E-state index in [9.17, 15) is 18.8 Å². The molecule has 0 atom stereocenters. The van der Waals surface area contributed by atoms with Gasteiger partial charge < -0.3 is 35.2 Å². The second kappa shape index (κ2) is 14.9. The van der Waals surface area contributed by atoms with Crippen molar-refractivity contribution in [1.29, 1.82) is 0 Å². The number of nitrogens with one attached hydrogen (secondary N) is 3. The summed E-state index contributed by atoms with van der Waals surface area (Å²) >= 11 is 0. The molecule has 1 aliphatic rings. The third-order valence-electron chi connectivity index (χ3n) is 7.68. The minimum absolute atomic E-state index is 0.195. The lowest BCUT2D eigenvalue weighted by atomic mass is 10.1. The van der Waals surface area contributed by atoms with Gasteiger partial charge in [0.1, 0.15) is 17.3 Å². The highest BCUT2D eigenvalue weighted by Gasteiger charge is 2.23. The molecule has 3 N–H and O–H groups in total. The first kappa shape index (κ1) is 31.8. The van der Waals surface area contributed by atoms with Gasteiger partial charge in [0.15, 0.2) is 0 Å². The Labute approximate surface area is 267 Å². The first-order chi connectivity index (χ1) is 22.3. The van der Waals surface area contributed by atoms with Gasteiger partial charge in [0.2, 0.25) is 0 Å². The van der Waals surface area contributed by atoms with Crippen molar-refractivity contribution >= 4 is 34.9 Å². The molecule has 0 radical (unpaired) electrons. The van der Waals surface area contributed by atoms with E-state index in [1.165, 1.54) is 12.1 Å². The van der Waals surface area contributed by atoms with Crippen LogP contribution in [0.15, 0.2) is 91.0 Å². The third-order valence-corrected chi connectivity index (χ3v) is 7.68. The van der Waals surface area contributed by atoms with Crippen molar-refractivity contribution in [2.45, 2.75) is 13.0 Å². The summed E-state index contributed by atoms with van der Waals surface area (Å²) in [5.41, 5.74) is 3.34. The van der Waals surface area contributed by atoms with E-state index in [4.69, 9.17) is 9.47 Å². The molecule has 1 saturated heterocycles. The highest BCUT2D eigenvalue weighted by molar-refractivity contribution is 6.06. The van der Waals surface area contributed by atoms with Gasteiger partial charge in [-0.1, -0.05) is 12.1 Å². The maximum absolute atomic E-state index is 13.6. The average Bonchev–Trinajstić information content (AvgIpc) is 3.35. The van der Waals surface area contributed by atoms with Crippen LogP contribution in [0.4, 0.5) is 26.2 Å². The molecule has 4 aromatic carbocycles. The molecule has 0 bridgehead atoms. The monoisotopic (exact) mass is 625 g/mol. The summed E-state index contributed by atoms with van der Waals surface area (Å²) < 4.78 is 23.8. The van der Waals surface area contributed by atoms with E-state index < -0.39 is 0 Å². The number of hydrogen-bond acceptors (Lipinski definition) is 6. The number of methoxy groups -OCH3 is 2. The molecule has 1 aliphatic heterocycles. The van der Waals surface area contributed by atoms with Gasteiger partial charge in [-0.3, -0.25) is 9.59 Å². The molecule has 238 valence electrons. The maximum atomic E-state index is 13.6. The molecule has 5 rings (SSSR count). The maximum Gasteiger partial charge on any atom is 0.321 e. The van der Waals surface area contributed by atoms with Crippen LogP contribution in [-0.2, 0) is 6.54 Å². The standard InChI is InChI=1S/C35H36FN5O5/c1-45-29-13-6-25(7-14-29)33(42)38-28-12-17-32(31(22-28)34(43)37-23-24-4-8-26(36)9-5-24)40-18-3-19-41(21-20-40)35(44)39-27-10-15-30(46-2)16-11-27/h4-17,22H,3,18-21,23H2,1-2H3,(H,37,43)(H,38,42)(H,39,44). The summed E-state index contributed by atoms with van der Waals surface area (Å²) in [4.78, 5) is 43.5. The predicted octanol–water partition coefficient (Wildman–Crippen LogP) is 5.77. The third kappa shape index (κ3) is 8.12. The molecular weight excluding hydrogens is 589 g/mol. The minimum Gasteiger partial charge on any atom is -0.497 e. The number of hydrogen-bond donors (Lipinski definition) is 3. The summed E-state index contributed by atoms with van der Waals surface area (Å²) in [6.45, 7) is 2.28. The molecule has 1 heterocycles. The molecule has 0 aliphatic carbocycles. The van der Waals surface area contributed by atoms with Crippen LogP contribution < -0.4 is 30.3 Å². The number of carbonyl (C=O) groups is 3. The topological polar surface area (TPSA) is 112 Å². The molecule has 0 unspecified atom stereocenters. The van der Waals surface area contributed by atoms with E-state index in [0.29, 0.717) is 72.3 Å². The molecule has 0 aromatic heterocycles. The number of ether oxygens (including phenoxy) is 2. The van der Waals surface area contributed by atoms with E-state index >= 15 is 0 Å². The first-order valence-corrected chi connectivity index (χ1v) is 14.9. The zero-order valence-electron chi connectivity index (χ0n) is 25.7. The van der Waals surface area contributed by atoms with Crippen LogP contribution in [0.2, 0.25) is 0 Å². The summed E-state index contributed by atoms with van der Waals surface area (Å²) in [5, 5.41) is 8.73. The number of carbonyl (C=O) groups excluding carboxylic acids is 3. The van der Waals surface area contributed by atoms with Crippen LogP contribution in [0.1, 0.15) is 32.7 Å². The number of urea groups is 1. The zero-order chi connectivity index (χ0) is 32.5. The lowest BCUT2D eigenvalue weighted by molar-refractivity contribution is 0.0950. The second-order valence-electron chi connectivity index (χ2n) is 10.7. The van der Waals surface area contributed by atoms with Crippen molar-refractivity contribution in [3.63, 3.8) is 0 Å². The fourth-order valence-electron chi connectivity index (χ4n) is 5.14. The van der Waals surface area contributed by atoms with Crippen molar-refractivity contribution in [3.05, 3.63) is 114 Å². The highest BCUT2D eigenvalue weighted by atomic mass is 19.1. The Bertz CT molecular complexity index is 1660. The van der Waals surface area contributed by atoms with Gasteiger partial charge in [-0.25, -0.2) is 9.18 Å². The van der Waals surface area contributed by atoms with Gasteiger partial charge in [0.05, 0.1) is 19.8 Å². The number of rotatable bonds is 9. The highest BCUT2D eigenvalue weighted by Crippen LogP contribution is 2.27. The minimum atomic E-state index is -0.356. The van der Waals surface area contributed by atoms with E-state index in [2.05, 4.69) is 20.9 Å². The number of nitrogens with zero attached hydrogens (tertiary/aromatic N) is 2. The van der Waals surface area contributed by atoms with Crippen LogP contribution >= 0.6 is 0 Å². The van der Waals surface area contributed by atoms with Crippen molar-refractivity contribution in [3.8, 4) is 11.5 Å². The Morgan fingerprint density at radius 3 is 2.04 bits per heavy atom. The quantitative estimate of drug-likeness (QED) is 0.218. The lowest BCUT2D eigenvalue weighted by Crippen LogP contribution is -2.38. The molecule has 0 saturated carbocycles. The molecule has 0 spiro atoms. The number of benzene rings is 4. The molecule has 1 fully saturated rings. The molecular formula is C35H36FN5O5. The van der Waals surface area contributed by atoms with Crippen molar-refractivity contribution in [2.75, 3.05) is 55.9 Å². The largest absolute Gasteiger partial charge is 0.497 e. The van der Waals surface area contributed by atoms with E-state index in [0.717, 1.165) is 5.56 Å². The SMILES string of the molecule is COc1ccc(NC(=O)N2CCCN(c3ccc(NC(=O)c4ccc(OC)cc4)cc3C(=O)NCc3ccc(F)cc3)CC2)cc1. The fraction of sp³-hybridized carbons (Fsp3) is 0.229. The Hall–Kier alpha value is -5.58. The second-order valence-corrected chi connectivity index (χ2v) is 10.7. The Balaban J connectivity index is 1.32. The zero-order valence-corrected chi connectivity index (χ0v) is 25.7. The Morgan fingerprint density at radius 1 is 0.717 bits per heavy atom. The van der Waals surface area contributed by atoms with Crippen LogP contribution in [0, 0.1) is 5.82 Å². The Morgan fingerprint density at radius 2 is 1.37 bits per heavy atom. The summed E-state index contributed by atoms with van der Waals surface area (Å²) in [5.74, 6) is 0.299. The van der Waals surface area contributed by atoms with Gasteiger partial charge in [-0.2, -0.15) is 0 Å². The normalized spacial score (nSPS) is 12.9. The van der Waals surface area contributed by atoms with Crippen LogP contribution in [0.25, 0.3) is 0 Å². The fourth-order valence-corrected chi connectivity index (χ4v) is 5.14. The number of amides is 4. The van der Waals surface area contributed by atoms with Gasteiger partial charge >= 0.3 is 6.03 Å². The van der Waals surface area contributed by atoms with E-state index in [1.54, 1.807) is 91.9 Å². The van der Waals surface area contributed by atoms with Crippen LogP contribution in [0.3, 0.4) is 0 Å². The molecule has 10 nitrogen and oxygen atoms in total. The molecule has 11 heteroatoms. The van der Waals surface area contributed by atoms with Gasteiger partial charge in [0.25, 0.3) is 11.8 Å². The summed E-state index contributed by atoms with van der Waals surface area (Å²) in [6, 6.07) is 24.8. The number of halogens is 1. The van der Waals surface area contributed by atoms with Crippen molar-refractivity contribution in [2.24, 2.45) is 0 Å². The average molecular weight is 626 g/mol. The summed E-state index contributed by atoms with van der Waals surface area (Å²) in [7, 11) is 3.14. The van der Waals surface area contributed by atoms with Crippen LogP contribution in [0.5, 0.6) is 11.5 Å². The van der Waals surface area contributed by atoms with Gasteiger partial charge in [0, 0.05) is 55.3 Å². The first-order valence-electron chi connectivity index (χ1n) is 14.9. The van der Waals surface area contributed by atoms with E-state index in [-0.39, 0.29) is 30.2 Å². The smallest absolute Gasteiger partial charge is 0.321 e. The van der Waals surface area contributed by atoms with Crippen molar-refractivity contribution < 1.29 is 28.2 Å². The summed E-state index contributed by atoms with van der Waals surface area (Å²) in [6.07, 6.45) is 0.683. The molecule has 4 aromatic rings. The van der Waals surface area contributed by atoms with Crippen molar-refractivity contribution in [1.82, 2.24) is 10.2 Å². The van der Waals surface area contributed by atoms with E-state index in [1.807, 2.05) is 6.07 Å². The van der Waals surface area contributed by atoms with Gasteiger partial charge in [-0.05, 0) is 90.8 Å². The molecule has 4 amide bonds. The number of anilines is 3. The van der Waals surface area contributed by atoms with Crippen LogP contribution in [-0.4, -0.2) is 63.1 Å². The molecule has 46 heavy (non-hydrogen) atoms.